The van der Waals surface area contributed by atoms with E-state index in [1.165, 1.54) is 0 Å². The normalized spacial score (nSPS) is 14.2. The summed E-state index contributed by atoms with van der Waals surface area (Å²) in [5.41, 5.74) is 2.13. The third-order valence-corrected chi connectivity index (χ3v) is 5.23. The fraction of sp³-hybridized carbons (Fsp3) is 0.364. The molecular weight excluding hydrogens is 406 g/mol. The number of carbonyl (C=O) groups is 2. The predicted octanol–water partition coefficient (Wildman–Crippen LogP) is 3.56. The van der Waals surface area contributed by atoms with E-state index in [4.69, 9.17) is 5.11 Å². The van der Waals surface area contributed by atoms with Crippen molar-refractivity contribution in [3.8, 4) is 0 Å². The van der Waals surface area contributed by atoms with Gasteiger partial charge in [0.2, 0.25) is 0 Å². The van der Waals surface area contributed by atoms with Crippen LogP contribution in [0.4, 0.5) is 24.1 Å². The number of urea groups is 1. The van der Waals surface area contributed by atoms with Crippen LogP contribution >= 0.6 is 0 Å². The molecule has 1 heterocycles. The Morgan fingerprint density at radius 2 is 1.74 bits per heavy atom. The minimum atomic E-state index is -1.03. The maximum atomic E-state index is 13.7. The first kappa shape index (κ1) is 22.3. The summed E-state index contributed by atoms with van der Waals surface area (Å²) in [6.07, 6.45) is 1.14. The van der Waals surface area contributed by atoms with Crippen molar-refractivity contribution < 1.29 is 23.5 Å². The van der Waals surface area contributed by atoms with Crippen molar-refractivity contribution >= 4 is 17.8 Å². The summed E-state index contributed by atoms with van der Waals surface area (Å²) in [7, 11) is 0. The molecule has 0 bridgehead atoms. The lowest BCUT2D eigenvalue weighted by Crippen LogP contribution is -2.46. The van der Waals surface area contributed by atoms with E-state index in [2.05, 4.69) is 16.0 Å². The van der Waals surface area contributed by atoms with Gasteiger partial charge in [-0.2, -0.15) is 0 Å². The molecule has 31 heavy (non-hydrogen) atoms. The van der Waals surface area contributed by atoms with Gasteiger partial charge in [0.05, 0.1) is 0 Å². The van der Waals surface area contributed by atoms with E-state index in [0.717, 1.165) is 42.3 Å². The van der Waals surface area contributed by atoms with E-state index in [1.54, 1.807) is 4.90 Å². The van der Waals surface area contributed by atoms with Gasteiger partial charge >= 0.3 is 12.1 Å². The van der Waals surface area contributed by atoms with Crippen molar-refractivity contribution in [2.45, 2.75) is 31.8 Å². The minimum absolute atomic E-state index is 0.0606. The summed E-state index contributed by atoms with van der Waals surface area (Å²) in [5.74, 6) is -1.09. The van der Waals surface area contributed by atoms with Crippen LogP contribution in [0.1, 0.15) is 24.0 Å². The van der Waals surface area contributed by atoms with Crippen molar-refractivity contribution in [3.05, 3.63) is 65.2 Å². The largest absolute Gasteiger partial charge is 0.465 e. The molecule has 0 aromatic heterocycles. The molecule has 166 valence electrons. The highest BCUT2D eigenvalue weighted by atomic mass is 19.1. The van der Waals surface area contributed by atoms with E-state index < -0.39 is 17.7 Å². The number of piperidine rings is 1. The Bertz CT molecular complexity index is 900. The van der Waals surface area contributed by atoms with Crippen LogP contribution in [0.25, 0.3) is 0 Å². The Morgan fingerprint density at radius 1 is 1.03 bits per heavy atom. The Kier molecular flexibility index (Phi) is 7.64. The number of halogens is 2. The van der Waals surface area contributed by atoms with E-state index in [9.17, 15) is 18.4 Å². The molecule has 1 aliphatic heterocycles. The number of nitrogens with one attached hydrogen (secondary N) is 3. The van der Waals surface area contributed by atoms with Crippen LogP contribution < -0.4 is 16.0 Å². The molecule has 1 fully saturated rings. The first-order valence-corrected chi connectivity index (χ1v) is 10.2. The summed E-state index contributed by atoms with van der Waals surface area (Å²) in [6, 6.07) is 11.0. The number of carbonyl (C=O) groups excluding carboxylic acids is 1. The highest BCUT2D eigenvalue weighted by molar-refractivity contribution is 5.74. The zero-order valence-corrected chi connectivity index (χ0v) is 17.0. The minimum Gasteiger partial charge on any atom is -0.465 e. The molecule has 3 amide bonds. The van der Waals surface area contributed by atoms with Gasteiger partial charge in [-0.3, -0.25) is 0 Å². The van der Waals surface area contributed by atoms with Crippen LogP contribution in [-0.2, 0) is 13.0 Å². The number of likely N-dealkylation sites (tertiary alicyclic amines) is 1. The average Bonchev–Trinajstić information content (AvgIpc) is 2.75. The lowest BCUT2D eigenvalue weighted by atomic mass is 10.0. The summed E-state index contributed by atoms with van der Waals surface area (Å²) < 4.78 is 26.9. The number of hydrogen-bond acceptors (Lipinski definition) is 3. The van der Waals surface area contributed by atoms with Crippen LogP contribution in [0.15, 0.2) is 42.5 Å². The molecule has 2 aromatic carbocycles. The molecule has 7 nitrogen and oxygen atoms in total. The summed E-state index contributed by atoms with van der Waals surface area (Å²) in [5, 5.41) is 17.0. The number of amides is 3. The lowest BCUT2D eigenvalue weighted by molar-refractivity contribution is 0.183. The van der Waals surface area contributed by atoms with Gasteiger partial charge in [0.15, 0.2) is 0 Å². The van der Waals surface area contributed by atoms with E-state index in [-0.39, 0.29) is 24.2 Å². The van der Waals surface area contributed by atoms with Crippen LogP contribution in [0.5, 0.6) is 0 Å². The van der Waals surface area contributed by atoms with E-state index in [1.807, 2.05) is 24.3 Å². The predicted molar refractivity (Wildman–Crippen MR) is 113 cm³/mol. The maximum Gasteiger partial charge on any atom is 0.404 e. The first-order chi connectivity index (χ1) is 14.9. The molecule has 1 saturated heterocycles. The molecule has 0 saturated carbocycles. The lowest BCUT2D eigenvalue weighted by Gasteiger charge is -2.33. The third-order valence-electron chi connectivity index (χ3n) is 5.23. The number of carboxylic acid groups (broad SMARTS) is 1. The van der Waals surface area contributed by atoms with Gasteiger partial charge in [-0.25, -0.2) is 18.4 Å². The van der Waals surface area contributed by atoms with Gasteiger partial charge in [-0.15, -0.1) is 0 Å². The molecule has 2 aromatic rings. The SMILES string of the molecule is O=C(O)NCCc1ccc(NC2CCN(C(=O)NCc3cc(F)ccc3F)CC2)cc1. The van der Waals surface area contributed by atoms with Crippen LogP contribution in [0, 0.1) is 11.6 Å². The molecule has 0 spiro atoms. The Balaban J connectivity index is 1.40. The van der Waals surface area contributed by atoms with E-state index in [0.29, 0.717) is 26.1 Å². The molecule has 9 heteroatoms. The van der Waals surface area contributed by atoms with Crippen molar-refractivity contribution in [2.75, 3.05) is 25.0 Å². The summed E-state index contributed by atoms with van der Waals surface area (Å²) in [6.45, 7) is 1.44. The van der Waals surface area contributed by atoms with Crippen LogP contribution in [0.2, 0.25) is 0 Å². The summed E-state index contributed by atoms with van der Waals surface area (Å²) in [4.78, 5) is 24.5. The zero-order chi connectivity index (χ0) is 22.2. The summed E-state index contributed by atoms with van der Waals surface area (Å²) >= 11 is 0. The average molecular weight is 432 g/mol. The standard InChI is InChI=1S/C22H26F2N4O3/c23-17-3-6-20(24)16(13-17)14-26-21(29)28-11-8-19(9-12-28)27-18-4-1-15(2-5-18)7-10-25-22(30)31/h1-6,13,19,25,27H,7-12,14H2,(H,26,29)(H,30,31). The van der Waals surface area contributed by atoms with E-state index >= 15 is 0 Å². The molecule has 0 radical (unpaired) electrons. The van der Waals surface area contributed by atoms with Gasteiger partial charge in [0.1, 0.15) is 11.6 Å². The molecule has 0 unspecified atom stereocenters. The Morgan fingerprint density at radius 3 is 2.42 bits per heavy atom. The quantitative estimate of drug-likeness (QED) is 0.538. The Labute approximate surface area is 179 Å². The fourth-order valence-electron chi connectivity index (χ4n) is 3.51. The van der Waals surface area contributed by atoms with Crippen molar-refractivity contribution in [1.82, 2.24) is 15.5 Å². The topological polar surface area (TPSA) is 93.7 Å². The monoisotopic (exact) mass is 432 g/mol. The van der Waals surface area contributed by atoms with Gasteiger partial charge < -0.3 is 26.0 Å². The smallest absolute Gasteiger partial charge is 0.404 e. The van der Waals surface area contributed by atoms with Crippen molar-refractivity contribution in [3.63, 3.8) is 0 Å². The molecular formula is C22H26F2N4O3. The maximum absolute atomic E-state index is 13.7. The third kappa shape index (κ3) is 6.84. The molecule has 1 aliphatic rings. The number of benzene rings is 2. The molecule has 4 N–H and O–H groups in total. The van der Waals surface area contributed by atoms with Crippen molar-refractivity contribution in [2.24, 2.45) is 0 Å². The second-order valence-corrected chi connectivity index (χ2v) is 7.48. The molecule has 3 rings (SSSR count). The number of rotatable bonds is 7. The van der Waals surface area contributed by atoms with Gasteiger partial charge in [-0.1, -0.05) is 12.1 Å². The van der Waals surface area contributed by atoms with Crippen molar-refractivity contribution in [1.29, 1.82) is 0 Å². The van der Waals surface area contributed by atoms with Gasteiger partial charge in [0, 0.05) is 43.5 Å². The van der Waals surface area contributed by atoms with Crippen LogP contribution in [-0.4, -0.2) is 47.8 Å². The second kappa shape index (κ2) is 10.6. The molecule has 0 atom stereocenters. The number of anilines is 1. The van der Waals surface area contributed by atoms with Gasteiger partial charge in [-0.05, 0) is 55.2 Å². The number of hydrogen-bond donors (Lipinski definition) is 4. The second-order valence-electron chi connectivity index (χ2n) is 7.48. The zero-order valence-electron chi connectivity index (χ0n) is 17.0. The van der Waals surface area contributed by atoms with Crippen LogP contribution in [0.3, 0.4) is 0 Å². The fourth-order valence-corrected chi connectivity index (χ4v) is 3.51. The number of nitrogens with zero attached hydrogens (tertiary/aromatic N) is 1. The highest BCUT2D eigenvalue weighted by Crippen LogP contribution is 2.18. The van der Waals surface area contributed by atoms with Gasteiger partial charge in [0.25, 0.3) is 0 Å². The first-order valence-electron chi connectivity index (χ1n) is 10.2. The molecule has 0 aliphatic carbocycles. The Hall–Kier alpha value is -3.36. The highest BCUT2D eigenvalue weighted by Gasteiger charge is 2.22.